The van der Waals surface area contributed by atoms with Crippen LogP contribution < -0.4 is 10.1 Å². The van der Waals surface area contributed by atoms with Gasteiger partial charge >= 0.3 is 5.97 Å². The number of amides is 1. The largest absolute Gasteiger partial charge is 0.492 e. The van der Waals surface area contributed by atoms with E-state index in [2.05, 4.69) is 10.3 Å². The lowest BCUT2D eigenvalue weighted by Gasteiger charge is -2.16. The van der Waals surface area contributed by atoms with Crippen LogP contribution in [-0.2, 0) is 11.2 Å². The summed E-state index contributed by atoms with van der Waals surface area (Å²) in [4.78, 5) is 28.0. The van der Waals surface area contributed by atoms with E-state index >= 15 is 0 Å². The van der Waals surface area contributed by atoms with E-state index in [0.717, 1.165) is 29.3 Å². The number of benzene rings is 2. The maximum absolute atomic E-state index is 12.6. The fraction of sp³-hybridized carbons (Fsp3) is 0.227. The molecule has 0 aliphatic carbocycles. The third-order valence-corrected chi connectivity index (χ3v) is 4.39. The standard InChI is InChI=1S/C22H22N2O4/c1-15(22(26)27)24-21(25)19-12-11-16-7-2-3-10-18(16)20(19)28-14-6-9-17-8-4-5-13-23-17/h2-5,7-8,10-13,15H,6,9,14H2,1H3,(H,24,25)(H,26,27)/t15-/m0/s1. The van der Waals surface area contributed by atoms with Crippen molar-refractivity contribution in [1.82, 2.24) is 10.3 Å². The second-order valence-electron chi connectivity index (χ2n) is 6.47. The summed E-state index contributed by atoms with van der Waals surface area (Å²) in [5.41, 5.74) is 1.31. The first-order chi connectivity index (χ1) is 13.6. The lowest BCUT2D eigenvalue weighted by Crippen LogP contribution is -2.38. The molecule has 0 aliphatic heterocycles. The van der Waals surface area contributed by atoms with Gasteiger partial charge in [0.1, 0.15) is 11.8 Å². The molecule has 0 aliphatic rings. The van der Waals surface area contributed by atoms with Crippen LogP contribution in [0.2, 0.25) is 0 Å². The molecule has 1 heterocycles. The van der Waals surface area contributed by atoms with E-state index in [9.17, 15) is 9.59 Å². The Balaban J connectivity index is 1.79. The van der Waals surface area contributed by atoms with Crippen molar-refractivity contribution in [3.8, 4) is 5.75 Å². The Hall–Kier alpha value is -3.41. The van der Waals surface area contributed by atoms with Crippen molar-refractivity contribution in [2.75, 3.05) is 6.61 Å². The summed E-state index contributed by atoms with van der Waals surface area (Å²) in [5.74, 6) is -1.10. The minimum Gasteiger partial charge on any atom is -0.492 e. The van der Waals surface area contributed by atoms with Gasteiger partial charge in [0.05, 0.1) is 12.2 Å². The quantitative estimate of drug-likeness (QED) is 0.586. The predicted molar refractivity (Wildman–Crippen MR) is 107 cm³/mol. The van der Waals surface area contributed by atoms with E-state index in [1.807, 2.05) is 48.5 Å². The number of hydrogen-bond donors (Lipinski definition) is 2. The fourth-order valence-electron chi connectivity index (χ4n) is 2.89. The molecule has 1 amide bonds. The Morgan fingerprint density at radius 1 is 1.11 bits per heavy atom. The van der Waals surface area contributed by atoms with Gasteiger partial charge in [0, 0.05) is 17.3 Å². The topological polar surface area (TPSA) is 88.5 Å². The number of aromatic nitrogens is 1. The van der Waals surface area contributed by atoms with Crippen LogP contribution in [0.5, 0.6) is 5.75 Å². The van der Waals surface area contributed by atoms with Gasteiger partial charge in [-0.2, -0.15) is 0 Å². The molecular formula is C22H22N2O4. The predicted octanol–water partition coefficient (Wildman–Crippen LogP) is 3.45. The summed E-state index contributed by atoms with van der Waals surface area (Å²) in [6.07, 6.45) is 3.27. The van der Waals surface area contributed by atoms with Gasteiger partial charge in [-0.25, -0.2) is 0 Å². The molecule has 0 saturated carbocycles. The molecular weight excluding hydrogens is 356 g/mol. The second kappa shape index (κ2) is 8.99. The van der Waals surface area contributed by atoms with Crippen LogP contribution in [0.15, 0.2) is 60.8 Å². The molecule has 0 bridgehead atoms. The van der Waals surface area contributed by atoms with Crippen LogP contribution in [0.1, 0.15) is 29.4 Å². The van der Waals surface area contributed by atoms with E-state index < -0.39 is 17.9 Å². The van der Waals surface area contributed by atoms with Crippen LogP contribution in [-0.4, -0.2) is 34.6 Å². The fourth-order valence-corrected chi connectivity index (χ4v) is 2.89. The summed E-state index contributed by atoms with van der Waals surface area (Å²) in [6.45, 7) is 1.84. The molecule has 0 saturated heterocycles. The summed E-state index contributed by atoms with van der Waals surface area (Å²) in [5, 5.41) is 13.3. The summed E-state index contributed by atoms with van der Waals surface area (Å²) in [6, 6.07) is 15.9. The Bertz CT molecular complexity index is 973. The summed E-state index contributed by atoms with van der Waals surface area (Å²) < 4.78 is 6.00. The van der Waals surface area contributed by atoms with Crippen molar-refractivity contribution in [3.63, 3.8) is 0 Å². The van der Waals surface area contributed by atoms with Crippen molar-refractivity contribution in [1.29, 1.82) is 0 Å². The van der Waals surface area contributed by atoms with E-state index in [-0.39, 0.29) is 0 Å². The number of carboxylic acid groups (broad SMARTS) is 1. The number of fused-ring (bicyclic) bond motifs is 1. The SMILES string of the molecule is C[C@H](NC(=O)c1ccc2ccccc2c1OCCCc1ccccn1)C(=O)O. The Labute approximate surface area is 163 Å². The number of carboxylic acids is 1. The minimum absolute atomic E-state index is 0.324. The first-order valence-electron chi connectivity index (χ1n) is 9.14. The number of pyridine rings is 1. The van der Waals surface area contributed by atoms with Crippen molar-refractivity contribution in [2.45, 2.75) is 25.8 Å². The molecule has 6 heteroatoms. The molecule has 144 valence electrons. The van der Waals surface area contributed by atoms with Crippen molar-refractivity contribution in [2.24, 2.45) is 0 Å². The lowest BCUT2D eigenvalue weighted by molar-refractivity contribution is -0.138. The summed E-state index contributed by atoms with van der Waals surface area (Å²) >= 11 is 0. The third kappa shape index (κ3) is 4.65. The van der Waals surface area contributed by atoms with Gasteiger partial charge < -0.3 is 15.2 Å². The van der Waals surface area contributed by atoms with Crippen LogP contribution in [0.4, 0.5) is 0 Å². The van der Waals surface area contributed by atoms with Crippen molar-refractivity contribution >= 4 is 22.6 Å². The number of aliphatic carboxylic acids is 1. The maximum atomic E-state index is 12.6. The molecule has 0 radical (unpaired) electrons. The van der Waals surface area contributed by atoms with Crippen molar-refractivity contribution < 1.29 is 19.4 Å². The number of nitrogens with zero attached hydrogens (tertiary/aromatic N) is 1. The molecule has 1 atom stereocenters. The van der Waals surface area contributed by atoms with Gasteiger partial charge in [0.25, 0.3) is 5.91 Å². The van der Waals surface area contributed by atoms with E-state index in [0.29, 0.717) is 17.9 Å². The lowest BCUT2D eigenvalue weighted by atomic mass is 10.0. The number of hydrogen-bond acceptors (Lipinski definition) is 4. The molecule has 2 aromatic carbocycles. The second-order valence-corrected chi connectivity index (χ2v) is 6.47. The molecule has 0 spiro atoms. The van der Waals surface area contributed by atoms with Crippen LogP contribution in [0.25, 0.3) is 10.8 Å². The number of carbonyl (C=O) groups excluding carboxylic acids is 1. The Kier molecular flexibility index (Phi) is 6.22. The van der Waals surface area contributed by atoms with Crippen LogP contribution in [0, 0.1) is 0 Å². The molecule has 1 aromatic heterocycles. The molecule has 28 heavy (non-hydrogen) atoms. The molecule has 2 N–H and O–H groups in total. The van der Waals surface area contributed by atoms with Gasteiger partial charge in [-0.05, 0) is 43.4 Å². The maximum Gasteiger partial charge on any atom is 0.325 e. The third-order valence-electron chi connectivity index (χ3n) is 4.39. The Morgan fingerprint density at radius 2 is 1.89 bits per heavy atom. The Morgan fingerprint density at radius 3 is 2.64 bits per heavy atom. The van der Waals surface area contributed by atoms with E-state index in [1.165, 1.54) is 6.92 Å². The van der Waals surface area contributed by atoms with E-state index in [1.54, 1.807) is 12.3 Å². The smallest absolute Gasteiger partial charge is 0.325 e. The average Bonchev–Trinajstić information content (AvgIpc) is 2.71. The van der Waals surface area contributed by atoms with E-state index in [4.69, 9.17) is 9.84 Å². The highest BCUT2D eigenvalue weighted by Gasteiger charge is 2.20. The van der Waals surface area contributed by atoms with Crippen molar-refractivity contribution in [3.05, 3.63) is 72.1 Å². The van der Waals surface area contributed by atoms with Gasteiger partial charge in [-0.15, -0.1) is 0 Å². The number of nitrogens with one attached hydrogen (secondary N) is 1. The molecule has 0 fully saturated rings. The molecule has 3 aromatic rings. The molecule has 0 unspecified atom stereocenters. The highest BCUT2D eigenvalue weighted by Crippen LogP contribution is 2.30. The summed E-state index contributed by atoms with van der Waals surface area (Å²) in [7, 11) is 0. The van der Waals surface area contributed by atoms with Crippen LogP contribution in [0.3, 0.4) is 0 Å². The zero-order valence-electron chi connectivity index (χ0n) is 15.6. The number of carbonyl (C=O) groups is 2. The highest BCUT2D eigenvalue weighted by molar-refractivity contribution is 6.04. The average molecular weight is 378 g/mol. The normalized spacial score (nSPS) is 11.8. The number of rotatable bonds is 8. The first kappa shape index (κ1) is 19.4. The zero-order chi connectivity index (χ0) is 19.9. The molecule has 3 rings (SSSR count). The first-order valence-corrected chi connectivity index (χ1v) is 9.14. The van der Waals surface area contributed by atoms with Gasteiger partial charge in [0.15, 0.2) is 0 Å². The van der Waals surface area contributed by atoms with Crippen LogP contribution >= 0.6 is 0 Å². The number of aryl methyl sites for hydroxylation is 1. The van der Waals surface area contributed by atoms with Gasteiger partial charge in [-0.1, -0.05) is 36.4 Å². The van der Waals surface area contributed by atoms with Gasteiger partial charge in [0.2, 0.25) is 0 Å². The monoisotopic (exact) mass is 378 g/mol. The minimum atomic E-state index is -1.09. The molecule has 6 nitrogen and oxygen atoms in total. The van der Waals surface area contributed by atoms with Gasteiger partial charge in [-0.3, -0.25) is 14.6 Å². The highest BCUT2D eigenvalue weighted by atomic mass is 16.5. The number of ether oxygens (including phenoxy) is 1. The zero-order valence-corrected chi connectivity index (χ0v) is 15.6.